The predicted octanol–water partition coefficient (Wildman–Crippen LogP) is 2.02. The van der Waals surface area contributed by atoms with Crippen molar-refractivity contribution in [1.82, 2.24) is 24.3 Å². The first-order valence-corrected chi connectivity index (χ1v) is 8.28. The number of piperazine rings is 1. The van der Waals surface area contributed by atoms with Crippen molar-refractivity contribution in [3.05, 3.63) is 36.1 Å². The average Bonchev–Trinajstić information content (AvgIpc) is 3.11. The molecule has 2 aromatic heterocycles. The van der Waals surface area contributed by atoms with Crippen molar-refractivity contribution < 1.29 is 4.42 Å². The summed E-state index contributed by atoms with van der Waals surface area (Å²) in [5.41, 5.74) is 0.0199. The van der Waals surface area contributed by atoms with Gasteiger partial charge in [0.1, 0.15) is 11.6 Å². The third-order valence-electron chi connectivity index (χ3n) is 4.40. The molecule has 0 spiro atoms. The summed E-state index contributed by atoms with van der Waals surface area (Å²) in [6.45, 7) is 12.3. The minimum atomic E-state index is 0.0199. The van der Waals surface area contributed by atoms with E-state index in [9.17, 15) is 0 Å². The summed E-state index contributed by atoms with van der Waals surface area (Å²) in [5.74, 6) is 2.91. The molecule has 3 heterocycles. The molecule has 3 rings (SSSR count). The smallest absolute Gasteiger partial charge is 0.208 e. The number of oxazole rings is 1. The van der Waals surface area contributed by atoms with Gasteiger partial charge in [0, 0.05) is 51.0 Å². The summed E-state index contributed by atoms with van der Waals surface area (Å²) < 4.78 is 7.99. The largest absolute Gasteiger partial charge is 0.444 e. The van der Waals surface area contributed by atoms with Gasteiger partial charge >= 0.3 is 0 Å². The molecule has 126 valence electrons. The molecule has 0 atom stereocenters. The molecule has 2 aromatic rings. The molecule has 0 radical (unpaired) electrons. The molecule has 1 fully saturated rings. The normalized spacial score (nSPS) is 17.7. The van der Waals surface area contributed by atoms with E-state index in [-0.39, 0.29) is 5.41 Å². The van der Waals surface area contributed by atoms with Crippen molar-refractivity contribution in [2.24, 2.45) is 7.05 Å². The summed E-state index contributed by atoms with van der Waals surface area (Å²) in [6, 6.07) is 0. The number of hydrogen-bond acceptors (Lipinski definition) is 5. The molecule has 0 aromatic carbocycles. The zero-order valence-corrected chi connectivity index (χ0v) is 14.6. The van der Waals surface area contributed by atoms with Crippen LogP contribution in [-0.4, -0.2) is 50.5 Å². The standard InChI is InChI=1S/C17H27N5O/c1-17(2,3)14-11-19-16(23-14)13-22-9-7-21(8-10-22)12-15-18-5-6-20(15)4/h5-6,11H,7-10,12-13H2,1-4H3. The van der Waals surface area contributed by atoms with Gasteiger partial charge in [0.15, 0.2) is 0 Å². The zero-order chi connectivity index (χ0) is 16.4. The van der Waals surface area contributed by atoms with Crippen LogP contribution in [0, 0.1) is 0 Å². The van der Waals surface area contributed by atoms with Gasteiger partial charge in [0.05, 0.1) is 19.3 Å². The van der Waals surface area contributed by atoms with Crippen molar-refractivity contribution >= 4 is 0 Å². The monoisotopic (exact) mass is 317 g/mol. The number of aryl methyl sites for hydroxylation is 1. The van der Waals surface area contributed by atoms with Gasteiger partial charge in [-0.2, -0.15) is 0 Å². The number of nitrogens with zero attached hydrogens (tertiary/aromatic N) is 5. The maximum atomic E-state index is 5.90. The summed E-state index contributed by atoms with van der Waals surface area (Å²) >= 11 is 0. The van der Waals surface area contributed by atoms with Crippen LogP contribution in [0.1, 0.15) is 38.2 Å². The van der Waals surface area contributed by atoms with Crippen LogP contribution < -0.4 is 0 Å². The van der Waals surface area contributed by atoms with E-state index < -0.39 is 0 Å². The highest BCUT2D eigenvalue weighted by atomic mass is 16.4. The molecule has 0 unspecified atom stereocenters. The van der Waals surface area contributed by atoms with Crippen molar-refractivity contribution in [1.29, 1.82) is 0 Å². The van der Waals surface area contributed by atoms with Gasteiger partial charge in [0.25, 0.3) is 0 Å². The summed E-state index contributed by atoms with van der Waals surface area (Å²) in [7, 11) is 2.05. The highest BCUT2D eigenvalue weighted by molar-refractivity contribution is 5.06. The Hall–Kier alpha value is -1.66. The van der Waals surface area contributed by atoms with E-state index in [0.29, 0.717) is 0 Å². The Morgan fingerprint density at radius 2 is 1.70 bits per heavy atom. The molecule has 0 N–H and O–H groups in total. The number of rotatable bonds is 4. The van der Waals surface area contributed by atoms with Gasteiger partial charge in [-0.3, -0.25) is 9.80 Å². The zero-order valence-electron chi connectivity index (χ0n) is 14.6. The lowest BCUT2D eigenvalue weighted by atomic mass is 9.94. The minimum Gasteiger partial charge on any atom is -0.444 e. The Bertz CT molecular complexity index is 631. The molecule has 1 saturated heterocycles. The molecule has 0 bridgehead atoms. The predicted molar refractivity (Wildman–Crippen MR) is 89.0 cm³/mol. The van der Waals surface area contributed by atoms with Crippen molar-refractivity contribution in [3.8, 4) is 0 Å². The molecule has 0 saturated carbocycles. The van der Waals surface area contributed by atoms with E-state index in [2.05, 4.69) is 45.1 Å². The van der Waals surface area contributed by atoms with E-state index in [0.717, 1.165) is 56.7 Å². The summed E-state index contributed by atoms with van der Waals surface area (Å²) in [4.78, 5) is 13.7. The van der Waals surface area contributed by atoms with E-state index in [1.807, 2.05) is 25.6 Å². The molecular formula is C17H27N5O. The van der Waals surface area contributed by atoms with Gasteiger partial charge < -0.3 is 8.98 Å². The van der Waals surface area contributed by atoms with Crippen molar-refractivity contribution in [2.75, 3.05) is 26.2 Å². The first kappa shape index (κ1) is 16.2. The number of hydrogen-bond donors (Lipinski definition) is 0. The molecular weight excluding hydrogens is 290 g/mol. The van der Waals surface area contributed by atoms with Crippen molar-refractivity contribution in [3.63, 3.8) is 0 Å². The molecule has 0 amide bonds. The van der Waals surface area contributed by atoms with Gasteiger partial charge in [-0.25, -0.2) is 9.97 Å². The fraction of sp³-hybridized carbons (Fsp3) is 0.647. The topological polar surface area (TPSA) is 50.3 Å². The highest BCUT2D eigenvalue weighted by Gasteiger charge is 2.22. The first-order valence-electron chi connectivity index (χ1n) is 8.28. The van der Waals surface area contributed by atoms with E-state index in [4.69, 9.17) is 4.42 Å². The second-order valence-corrected chi connectivity index (χ2v) is 7.37. The van der Waals surface area contributed by atoms with Crippen LogP contribution >= 0.6 is 0 Å². The van der Waals surface area contributed by atoms with Crippen LogP contribution in [0.15, 0.2) is 23.0 Å². The fourth-order valence-electron chi connectivity index (χ4n) is 2.78. The maximum Gasteiger partial charge on any atom is 0.208 e. The van der Waals surface area contributed by atoms with Crippen LogP contribution in [0.4, 0.5) is 0 Å². The Kier molecular flexibility index (Phi) is 4.55. The van der Waals surface area contributed by atoms with Crippen LogP contribution in [-0.2, 0) is 25.6 Å². The Morgan fingerprint density at radius 3 is 2.22 bits per heavy atom. The third kappa shape index (κ3) is 4.00. The van der Waals surface area contributed by atoms with Crippen LogP contribution in [0.5, 0.6) is 0 Å². The Morgan fingerprint density at radius 1 is 1.04 bits per heavy atom. The second kappa shape index (κ2) is 6.45. The van der Waals surface area contributed by atoms with Crippen LogP contribution in [0.2, 0.25) is 0 Å². The van der Waals surface area contributed by atoms with Gasteiger partial charge in [-0.15, -0.1) is 0 Å². The molecule has 0 aliphatic carbocycles. The lowest BCUT2D eigenvalue weighted by Crippen LogP contribution is -2.45. The lowest BCUT2D eigenvalue weighted by molar-refractivity contribution is 0.111. The maximum absolute atomic E-state index is 5.90. The minimum absolute atomic E-state index is 0.0199. The highest BCUT2D eigenvalue weighted by Crippen LogP contribution is 2.23. The van der Waals surface area contributed by atoms with Crippen molar-refractivity contribution in [2.45, 2.75) is 39.3 Å². The lowest BCUT2D eigenvalue weighted by Gasteiger charge is -2.33. The first-order chi connectivity index (χ1) is 10.9. The molecule has 1 aliphatic heterocycles. The Balaban J connectivity index is 1.49. The third-order valence-corrected chi connectivity index (χ3v) is 4.40. The van der Waals surface area contributed by atoms with E-state index >= 15 is 0 Å². The molecule has 6 heteroatoms. The SMILES string of the molecule is Cn1ccnc1CN1CCN(Cc2ncc(C(C)(C)C)o2)CC1. The van der Waals surface area contributed by atoms with Gasteiger partial charge in [0.2, 0.25) is 5.89 Å². The average molecular weight is 317 g/mol. The number of aromatic nitrogens is 3. The molecule has 1 aliphatic rings. The van der Waals surface area contributed by atoms with Gasteiger partial charge in [-0.1, -0.05) is 20.8 Å². The summed E-state index contributed by atoms with van der Waals surface area (Å²) in [6.07, 6.45) is 5.73. The van der Waals surface area contributed by atoms with E-state index in [1.165, 1.54) is 0 Å². The van der Waals surface area contributed by atoms with Gasteiger partial charge in [-0.05, 0) is 0 Å². The fourth-order valence-corrected chi connectivity index (χ4v) is 2.78. The van der Waals surface area contributed by atoms with Crippen LogP contribution in [0.3, 0.4) is 0 Å². The molecule has 6 nitrogen and oxygen atoms in total. The molecule has 23 heavy (non-hydrogen) atoms. The number of imidazole rings is 1. The van der Waals surface area contributed by atoms with Crippen LogP contribution in [0.25, 0.3) is 0 Å². The Labute approximate surface area is 138 Å². The van der Waals surface area contributed by atoms with E-state index in [1.54, 1.807) is 0 Å². The quantitative estimate of drug-likeness (QED) is 0.863. The second-order valence-electron chi connectivity index (χ2n) is 7.37. The summed E-state index contributed by atoms with van der Waals surface area (Å²) in [5, 5.41) is 0.